The van der Waals surface area contributed by atoms with Crippen LogP contribution in [0.3, 0.4) is 0 Å². The minimum atomic E-state index is -0.415. The molecule has 1 fully saturated rings. The SMILES string of the molecule is Cc1noc(C)c1COc1ccc(CC(=O)OCC(=O)N2CCC(Cc3ccccc3)CC2)cc1. The summed E-state index contributed by atoms with van der Waals surface area (Å²) >= 11 is 0. The van der Waals surface area contributed by atoms with Gasteiger partial charge < -0.3 is 18.9 Å². The van der Waals surface area contributed by atoms with Crippen LogP contribution in [0.2, 0.25) is 0 Å². The molecule has 0 atom stereocenters. The highest BCUT2D eigenvalue weighted by Crippen LogP contribution is 2.22. The number of hydrogen-bond acceptors (Lipinski definition) is 6. The number of aromatic nitrogens is 1. The molecular weight excluding hydrogens is 444 g/mol. The fraction of sp³-hybridized carbons (Fsp3) is 0.393. The smallest absolute Gasteiger partial charge is 0.310 e. The molecule has 2 heterocycles. The Morgan fingerprint density at radius 3 is 2.37 bits per heavy atom. The quantitative estimate of drug-likeness (QED) is 0.425. The molecule has 1 aliphatic rings. The van der Waals surface area contributed by atoms with Gasteiger partial charge in [0.25, 0.3) is 5.91 Å². The zero-order valence-corrected chi connectivity index (χ0v) is 20.4. The van der Waals surface area contributed by atoms with Crippen LogP contribution in [0.25, 0.3) is 0 Å². The first-order valence-electron chi connectivity index (χ1n) is 12.1. The Morgan fingerprint density at radius 1 is 1.00 bits per heavy atom. The molecule has 4 rings (SSSR count). The number of aryl methyl sites for hydroxylation is 2. The number of piperidine rings is 1. The summed E-state index contributed by atoms with van der Waals surface area (Å²) < 4.78 is 16.2. The van der Waals surface area contributed by atoms with Crippen LogP contribution in [0.15, 0.2) is 59.1 Å². The monoisotopic (exact) mass is 476 g/mol. The number of benzene rings is 2. The Balaban J connectivity index is 1.15. The molecule has 1 saturated heterocycles. The van der Waals surface area contributed by atoms with Gasteiger partial charge in [0.2, 0.25) is 0 Å². The summed E-state index contributed by atoms with van der Waals surface area (Å²) in [6.07, 6.45) is 3.09. The molecule has 3 aromatic rings. The van der Waals surface area contributed by atoms with Crippen molar-refractivity contribution in [2.24, 2.45) is 5.92 Å². The van der Waals surface area contributed by atoms with Gasteiger partial charge in [-0.2, -0.15) is 0 Å². The molecular formula is C28H32N2O5. The van der Waals surface area contributed by atoms with Crippen molar-refractivity contribution < 1.29 is 23.6 Å². The van der Waals surface area contributed by atoms with E-state index in [4.69, 9.17) is 14.0 Å². The predicted octanol–water partition coefficient (Wildman–Crippen LogP) is 4.44. The molecule has 0 saturated carbocycles. The second-order valence-electron chi connectivity index (χ2n) is 9.09. The minimum Gasteiger partial charge on any atom is -0.489 e. The summed E-state index contributed by atoms with van der Waals surface area (Å²) in [5.41, 5.74) is 3.89. The standard InChI is InChI=1S/C28H32N2O5/c1-20-26(21(2)35-29-20)18-33-25-10-8-23(9-11-25)17-28(32)34-19-27(31)30-14-12-24(13-15-30)16-22-6-4-3-5-7-22/h3-11,24H,12-19H2,1-2H3. The Bertz CT molecular complexity index is 1100. The van der Waals surface area contributed by atoms with Crippen LogP contribution in [0.1, 0.15) is 41.0 Å². The molecule has 0 unspecified atom stereocenters. The van der Waals surface area contributed by atoms with Crippen LogP contribution in [-0.4, -0.2) is 41.6 Å². The van der Waals surface area contributed by atoms with Crippen molar-refractivity contribution in [2.45, 2.75) is 46.1 Å². The molecule has 0 bridgehead atoms. The van der Waals surface area contributed by atoms with Crippen molar-refractivity contribution in [3.63, 3.8) is 0 Å². The fourth-order valence-electron chi connectivity index (χ4n) is 4.35. The number of carbonyl (C=O) groups excluding carboxylic acids is 2. The van der Waals surface area contributed by atoms with Crippen molar-refractivity contribution in [2.75, 3.05) is 19.7 Å². The Hall–Kier alpha value is -3.61. The number of likely N-dealkylation sites (tertiary alicyclic amines) is 1. The topological polar surface area (TPSA) is 81.9 Å². The number of hydrogen-bond donors (Lipinski definition) is 0. The van der Waals surface area contributed by atoms with Crippen LogP contribution in [-0.2, 0) is 33.8 Å². The van der Waals surface area contributed by atoms with E-state index in [0.717, 1.165) is 41.8 Å². The first-order valence-corrected chi connectivity index (χ1v) is 12.1. The van der Waals surface area contributed by atoms with Gasteiger partial charge in [-0.3, -0.25) is 9.59 Å². The summed E-state index contributed by atoms with van der Waals surface area (Å²) in [7, 11) is 0. The average Bonchev–Trinajstić information content (AvgIpc) is 3.20. The van der Waals surface area contributed by atoms with Gasteiger partial charge in [0.1, 0.15) is 18.1 Å². The highest BCUT2D eigenvalue weighted by atomic mass is 16.5. The summed E-state index contributed by atoms with van der Waals surface area (Å²) in [6, 6.07) is 17.7. The number of ether oxygens (including phenoxy) is 2. The summed E-state index contributed by atoms with van der Waals surface area (Å²) in [4.78, 5) is 26.6. The Labute approximate surface area is 206 Å². The maximum absolute atomic E-state index is 12.5. The first-order chi connectivity index (χ1) is 17.0. The summed E-state index contributed by atoms with van der Waals surface area (Å²) in [5, 5.41) is 3.92. The molecule has 35 heavy (non-hydrogen) atoms. The lowest BCUT2D eigenvalue weighted by Gasteiger charge is -2.32. The van der Waals surface area contributed by atoms with E-state index in [1.807, 2.05) is 44.2 Å². The minimum absolute atomic E-state index is 0.108. The third kappa shape index (κ3) is 6.94. The molecule has 0 radical (unpaired) electrons. The average molecular weight is 477 g/mol. The summed E-state index contributed by atoms with van der Waals surface area (Å²) in [5.74, 6) is 1.47. The molecule has 0 spiro atoms. The van der Waals surface area contributed by atoms with E-state index >= 15 is 0 Å². The van der Waals surface area contributed by atoms with Crippen LogP contribution >= 0.6 is 0 Å². The molecule has 7 nitrogen and oxygen atoms in total. The lowest BCUT2D eigenvalue weighted by Crippen LogP contribution is -2.41. The first kappa shape index (κ1) is 24.5. The van der Waals surface area contributed by atoms with Gasteiger partial charge >= 0.3 is 5.97 Å². The third-order valence-corrected chi connectivity index (χ3v) is 6.53. The largest absolute Gasteiger partial charge is 0.489 e. The molecule has 1 aliphatic heterocycles. The third-order valence-electron chi connectivity index (χ3n) is 6.53. The molecule has 7 heteroatoms. The van der Waals surface area contributed by atoms with Crippen LogP contribution in [0.5, 0.6) is 5.75 Å². The predicted molar refractivity (Wildman–Crippen MR) is 131 cm³/mol. The molecule has 1 aromatic heterocycles. The van der Waals surface area contributed by atoms with Gasteiger partial charge in [0.15, 0.2) is 6.61 Å². The van der Waals surface area contributed by atoms with Gasteiger partial charge in [-0.1, -0.05) is 47.6 Å². The Morgan fingerprint density at radius 2 is 1.71 bits per heavy atom. The molecule has 0 aliphatic carbocycles. The van der Waals surface area contributed by atoms with Gasteiger partial charge in [0.05, 0.1) is 17.7 Å². The van der Waals surface area contributed by atoms with E-state index in [1.54, 1.807) is 4.90 Å². The van der Waals surface area contributed by atoms with Gasteiger partial charge in [-0.25, -0.2) is 0 Å². The highest BCUT2D eigenvalue weighted by Gasteiger charge is 2.23. The second kappa shape index (κ2) is 11.7. The van der Waals surface area contributed by atoms with Crippen molar-refractivity contribution in [1.82, 2.24) is 10.1 Å². The number of amides is 1. The fourth-order valence-corrected chi connectivity index (χ4v) is 4.35. The van der Waals surface area contributed by atoms with Crippen molar-refractivity contribution in [1.29, 1.82) is 0 Å². The summed E-state index contributed by atoms with van der Waals surface area (Å²) in [6.45, 7) is 5.32. The zero-order chi connectivity index (χ0) is 24.6. The lowest BCUT2D eigenvalue weighted by atomic mass is 9.90. The number of nitrogens with zero attached hydrogens (tertiary/aromatic N) is 2. The van der Waals surface area contributed by atoms with E-state index in [9.17, 15) is 9.59 Å². The zero-order valence-electron chi connectivity index (χ0n) is 20.4. The molecule has 184 valence electrons. The molecule has 1 amide bonds. The maximum Gasteiger partial charge on any atom is 0.310 e. The Kier molecular flexibility index (Phi) is 8.19. The van der Waals surface area contributed by atoms with E-state index < -0.39 is 5.97 Å². The lowest BCUT2D eigenvalue weighted by molar-refractivity contribution is -0.152. The van der Waals surface area contributed by atoms with E-state index in [1.165, 1.54) is 5.56 Å². The normalized spacial score (nSPS) is 14.1. The number of carbonyl (C=O) groups is 2. The molecule has 2 aromatic carbocycles. The van der Waals surface area contributed by atoms with Crippen LogP contribution in [0.4, 0.5) is 0 Å². The maximum atomic E-state index is 12.5. The van der Waals surface area contributed by atoms with Crippen molar-refractivity contribution in [3.8, 4) is 5.75 Å². The van der Waals surface area contributed by atoms with Crippen LogP contribution in [0, 0.1) is 19.8 Å². The second-order valence-corrected chi connectivity index (χ2v) is 9.09. The van der Waals surface area contributed by atoms with E-state index in [0.29, 0.717) is 31.4 Å². The van der Waals surface area contributed by atoms with Crippen LogP contribution < -0.4 is 4.74 Å². The van der Waals surface area contributed by atoms with Crippen molar-refractivity contribution >= 4 is 11.9 Å². The van der Waals surface area contributed by atoms with Gasteiger partial charge in [0, 0.05) is 13.1 Å². The van der Waals surface area contributed by atoms with Crippen molar-refractivity contribution in [3.05, 3.63) is 82.7 Å². The van der Waals surface area contributed by atoms with Gasteiger partial charge in [-0.15, -0.1) is 0 Å². The van der Waals surface area contributed by atoms with Gasteiger partial charge in [-0.05, 0) is 62.3 Å². The molecule has 0 N–H and O–H groups in total. The number of esters is 1. The number of rotatable bonds is 9. The van der Waals surface area contributed by atoms with E-state index in [2.05, 4.69) is 29.4 Å². The highest BCUT2D eigenvalue weighted by molar-refractivity contribution is 5.81. The van der Waals surface area contributed by atoms with E-state index in [-0.39, 0.29) is 18.9 Å².